The molecule has 0 radical (unpaired) electrons. The predicted molar refractivity (Wildman–Crippen MR) is 139 cm³/mol. The second kappa shape index (κ2) is 11.7. The number of aliphatic carboxylic acids is 1. The topological polar surface area (TPSA) is 104 Å². The van der Waals surface area contributed by atoms with Crippen LogP contribution in [-0.4, -0.2) is 70.7 Å². The lowest BCUT2D eigenvalue weighted by molar-refractivity contribution is -0.139. The van der Waals surface area contributed by atoms with Gasteiger partial charge in [-0.05, 0) is 25.8 Å². The number of carboxylic acid groups (broad SMARTS) is 1. The van der Waals surface area contributed by atoms with E-state index in [-0.39, 0.29) is 44.2 Å². The molecule has 0 saturated carbocycles. The lowest BCUT2D eigenvalue weighted by Gasteiger charge is -2.35. The van der Waals surface area contributed by atoms with Crippen LogP contribution in [0.2, 0.25) is 0 Å². The van der Waals surface area contributed by atoms with Gasteiger partial charge in [0, 0.05) is 53.3 Å². The molecule has 1 aromatic rings. The SMILES string of the molecule is C=C/C(=C(\C)Cl)[C@@H]1N=C(c2nccs2)NC(CN2CC(F)C(C)(C)[C@H]2CCC(=O)O)=C1C(=O)OCC. The summed E-state index contributed by atoms with van der Waals surface area (Å²) in [5.41, 5.74) is 0.518. The van der Waals surface area contributed by atoms with Gasteiger partial charge >= 0.3 is 11.9 Å². The van der Waals surface area contributed by atoms with Crippen LogP contribution < -0.4 is 5.32 Å². The molecule has 0 aliphatic carbocycles. The molecule has 3 rings (SSSR count). The van der Waals surface area contributed by atoms with Crippen molar-refractivity contribution < 1.29 is 23.8 Å². The van der Waals surface area contributed by atoms with Gasteiger partial charge in [0.1, 0.15) is 12.2 Å². The Balaban J connectivity index is 2.11. The van der Waals surface area contributed by atoms with Crippen molar-refractivity contribution in [3.63, 3.8) is 0 Å². The number of nitrogens with zero attached hydrogens (tertiary/aromatic N) is 3. The molecule has 0 spiro atoms. The largest absolute Gasteiger partial charge is 0.481 e. The molecular weight excluding hydrogens is 507 g/mol. The summed E-state index contributed by atoms with van der Waals surface area (Å²) in [4.78, 5) is 35.5. The number of nitrogens with one attached hydrogen (secondary N) is 1. The quantitative estimate of drug-likeness (QED) is 0.338. The van der Waals surface area contributed by atoms with E-state index >= 15 is 4.39 Å². The third kappa shape index (κ3) is 5.87. The maximum atomic E-state index is 15.1. The van der Waals surface area contributed by atoms with E-state index in [0.29, 0.717) is 27.1 Å². The van der Waals surface area contributed by atoms with Crippen LogP contribution in [0.5, 0.6) is 0 Å². The zero-order valence-corrected chi connectivity index (χ0v) is 22.5. The maximum Gasteiger partial charge on any atom is 0.338 e. The summed E-state index contributed by atoms with van der Waals surface area (Å²) in [5, 5.41) is 15.4. The number of allylic oxidation sites excluding steroid dienone is 1. The smallest absolute Gasteiger partial charge is 0.338 e. The molecule has 3 atom stereocenters. The number of carboxylic acids is 1. The summed E-state index contributed by atoms with van der Waals surface area (Å²) in [5.74, 6) is -1.05. The molecule has 196 valence electrons. The van der Waals surface area contributed by atoms with Gasteiger partial charge in [-0.3, -0.25) is 14.7 Å². The summed E-state index contributed by atoms with van der Waals surface area (Å²) in [6.45, 7) is 11.3. The van der Waals surface area contributed by atoms with E-state index < -0.39 is 29.6 Å². The number of aromatic nitrogens is 1. The van der Waals surface area contributed by atoms with E-state index in [0.717, 1.165) is 0 Å². The van der Waals surface area contributed by atoms with E-state index in [9.17, 15) is 14.7 Å². The lowest BCUT2D eigenvalue weighted by atomic mass is 9.81. The number of hydrogen-bond donors (Lipinski definition) is 2. The third-order valence-corrected chi connectivity index (χ3v) is 7.66. The highest BCUT2D eigenvalue weighted by molar-refractivity contribution is 7.11. The number of halogens is 2. The molecule has 8 nitrogen and oxygen atoms in total. The summed E-state index contributed by atoms with van der Waals surface area (Å²) in [6.07, 6.45) is 2.24. The minimum atomic E-state index is -1.16. The third-order valence-electron chi connectivity index (χ3n) is 6.66. The van der Waals surface area contributed by atoms with Crippen molar-refractivity contribution in [1.29, 1.82) is 0 Å². The van der Waals surface area contributed by atoms with Crippen molar-refractivity contribution >= 4 is 40.7 Å². The average Bonchev–Trinajstić information content (AvgIpc) is 3.40. The van der Waals surface area contributed by atoms with E-state index in [1.807, 2.05) is 10.3 Å². The lowest BCUT2D eigenvalue weighted by Crippen LogP contribution is -2.45. The minimum absolute atomic E-state index is 0.0855. The van der Waals surface area contributed by atoms with E-state index in [1.54, 1.807) is 40.0 Å². The van der Waals surface area contributed by atoms with Crippen LogP contribution in [-0.2, 0) is 14.3 Å². The molecule has 2 N–H and O–H groups in total. The van der Waals surface area contributed by atoms with Gasteiger partial charge in [-0.25, -0.2) is 14.2 Å². The molecule has 2 aliphatic heterocycles. The van der Waals surface area contributed by atoms with Crippen LogP contribution in [0, 0.1) is 5.41 Å². The van der Waals surface area contributed by atoms with Gasteiger partial charge in [0.15, 0.2) is 10.8 Å². The molecule has 0 aromatic carbocycles. The molecule has 1 unspecified atom stereocenters. The Hall–Kier alpha value is -2.56. The first kappa shape index (κ1) is 28.0. The Labute approximate surface area is 219 Å². The molecule has 11 heteroatoms. The zero-order valence-electron chi connectivity index (χ0n) is 20.9. The van der Waals surface area contributed by atoms with Crippen molar-refractivity contribution in [2.45, 2.75) is 58.8 Å². The van der Waals surface area contributed by atoms with Gasteiger partial charge in [0.2, 0.25) is 0 Å². The van der Waals surface area contributed by atoms with E-state index in [1.165, 1.54) is 11.3 Å². The molecule has 0 bridgehead atoms. The van der Waals surface area contributed by atoms with Crippen LogP contribution in [0.4, 0.5) is 4.39 Å². The van der Waals surface area contributed by atoms with Crippen molar-refractivity contribution in [3.05, 3.63) is 51.1 Å². The first-order chi connectivity index (χ1) is 17.0. The van der Waals surface area contributed by atoms with Gasteiger partial charge < -0.3 is 15.2 Å². The number of alkyl halides is 1. The average molecular weight is 539 g/mol. The number of amidine groups is 1. The van der Waals surface area contributed by atoms with Crippen molar-refractivity contribution in [2.75, 3.05) is 19.7 Å². The highest BCUT2D eigenvalue weighted by atomic mass is 35.5. The molecule has 1 fully saturated rings. The number of likely N-dealkylation sites (tertiary alicyclic amines) is 1. The van der Waals surface area contributed by atoms with Crippen molar-refractivity contribution in [1.82, 2.24) is 15.2 Å². The van der Waals surface area contributed by atoms with Crippen LogP contribution >= 0.6 is 22.9 Å². The number of ether oxygens (including phenoxy) is 1. The minimum Gasteiger partial charge on any atom is -0.481 e. The van der Waals surface area contributed by atoms with Gasteiger partial charge in [-0.2, -0.15) is 0 Å². The van der Waals surface area contributed by atoms with E-state index in [2.05, 4.69) is 16.9 Å². The zero-order chi connectivity index (χ0) is 26.6. The number of hydrogen-bond acceptors (Lipinski definition) is 8. The fourth-order valence-corrected chi connectivity index (χ4v) is 5.49. The number of esters is 1. The first-order valence-electron chi connectivity index (χ1n) is 11.7. The molecule has 2 aliphatic rings. The number of carbonyl (C=O) groups excluding carboxylic acids is 1. The first-order valence-corrected chi connectivity index (χ1v) is 13.0. The fraction of sp³-hybridized carbons (Fsp3) is 0.520. The molecule has 1 aromatic heterocycles. The summed E-state index contributed by atoms with van der Waals surface area (Å²) in [7, 11) is 0. The van der Waals surface area contributed by atoms with Crippen LogP contribution in [0.3, 0.4) is 0 Å². The van der Waals surface area contributed by atoms with Crippen LogP contribution in [0.1, 0.15) is 45.5 Å². The number of rotatable bonds is 10. The van der Waals surface area contributed by atoms with Gasteiger partial charge in [-0.15, -0.1) is 11.3 Å². The van der Waals surface area contributed by atoms with Crippen LogP contribution in [0.15, 0.2) is 51.1 Å². The Morgan fingerprint density at radius 3 is 2.75 bits per heavy atom. The monoisotopic (exact) mass is 538 g/mol. The molecule has 36 heavy (non-hydrogen) atoms. The van der Waals surface area contributed by atoms with Gasteiger partial charge in [-0.1, -0.05) is 38.1 Å². The Morgan fingerprint density at radius 2 is 2.19 bits per heavy atom. The Morgan fingerprint density at radius 1 is 1.47 bits per heavy atom. The molecular formula is C25H32ClFN4O4S. The molecule has 1 saturated heterocycles. The van der Waals surface area contributed by atoms with Gasteiger partial charge in [0.05, 0.1) is 12.2 Å². The standard InChI is InChI=1S/C25H32ClFN4O4S/c1-6-15(14(3)26)21-20(24(34)35-7-2)16(29-22(30-21)23-28-10-11-36-23)12-31-13-17(27)25(4,5)18(31)8-9-19(32)33/h6,10-11,17-18,21H,1,7-9,12-13H2,2-5H3,(H,29,30)(H,32,33)/b15-14-/t17?,18-,21+/m1/s1. The number of thiazole rings is 1. The Bertz CT molecular complexity index is 1100. The fourth-order valence-electron chi connectivity index (χ4n) is 4.72. The normalized spacial score (nSPS) is 24.6. The van der Waals surface area contributed by atoms with Crippen molar-refractivity contribution in [2.24, 2.45) is 10.4 Å². The Kier molecular flexibility index (Phi) is 9.08. The highest BCUT2D eigenvalue weighted by Crippen LogP contribution is 2.41. The summed E-state index contributed by atoms with van der Waals surface area (Å²) < 4.78 is 20.5. The second-order valence-corrected chi connectivity index (χ2v) is 10.8. The molecule has 3 heterocycles. The second-order valence-electron chi connectivity index (χ2n) is 9.31. The summed E-state index contributed by atoms with van der Waals surface area (Å²) >= 11 is 7.76. The predicted octanol–water partition coefficient (Wildman–Crippen LogP) is 4.29. The van der Waals surface area contributed by atoms with Crippen molar-refractivity contribution in [3.8, 4) is 0 Å². The number of aliphatic imine (C=N–C) groups is 1. The number of carbonyl (C=O) groups is 2. The maximum absolute atomic E-state index is 15.1. The summed E-state index contributed by atoms with van der Waals surface area (Å²) in [6, 6.07) is -1.16. The van der Waals surface area contributed by atoms with Crippen LogP contribution in [0.25, 0.3) is 0 Å². The van der Waals surface area contributed by atoms with Gasteiger partial charge in [0.25, 0.3) is 0 Å². The van der Waals surface area contributed by atoms with E-state index in [4.69, 9.17) is 21.3 Å². The molecule has 0 amide bonds. The highest BCUT2D eigenvalue weighted by Gasteiger charge is 2.49.